The molecule has 1 aromatic heterocycles. The molecule has 0 bridgehead atoms. The van der Waals surface area contributed by atoms with Crippen LogP contribution in [0.5, 0.6) is 5.75 Å². The van der Waals surface area contributed by atoms with E-state index in [0.29, 0.717) is 34.6 Å². The van der Waals surface area contributed by atoms with Crippen LogP contribution in [0, 0.1) is 0 Å². The zero-order chi connectivity index (χ0) is 21.3. The minimum absolute atomic E-state index is 0.0919. The summed E-state index contributed by atoms with van der Waals surface area (Å²) in [6.07, 6.45) is 0.726. The molecule has 1 amide bonds. The van der Waals surface area contributed by atoms with E-state index in [4.69, 9.17) is 32.7 Å². The van der Waals surface area contributed by atoms with E-state index in [1.54, 1.807) is 26.4 Å². The summed E-state index contributed by atoms with van der Waals surface area (Å²) < 4.78 is 10.5. The number of H-pyrrole nitrogens is 1. The zero-order valence-electron chi connectivity index (χ0n) is 16.6. The molecule has 30 heavy (non-hydrogen) atoms. The number of carbonyl (C=O) groups is 1. The zero-order valence-corrected chi connectivity index (χ0v) is 18.1. The molecule has 0 saturated heterocycles. The number of aromatic amines is 1. The van der Waals surface area contributed by atoms with Crippen molar-refractivity contribution in [2.75, 3.05) is 27.4 Å². The smallest absolute Gasteiger partial charge is 0.273 e. The number of methoxy groups -OCH3 is 2. The summed E-state index contributed by atoms with van der Waals surface area (Å²) in [5.41, 5.74) is 3.63. The molecular formula is C22H21Cl2N3O3. The van der Waals surface area contributed by atoms with Gasteiger partial charge in [-0.1, -0.05) is 35.3 Å². The second kappa shape index (κ2) is 8.68. The van der Waals surface area contributed by atoms with Gasteiger partial charge in [-0.15, -0.1) is 0 Å². The maximum absolute atomic E-state index is 13.2. The van der Waals surface area contributed by atoms with Crippen LogP contribution in [-0.4, -0.2) is 48.4 Å². The molecule has 1 aliphatic heterocycles. The summed E-state index contributed by atoms with van der Waals surface area (Å²) >= 11 is 12.5. The predicted octanol–water partition coefficient (Wildman–Crippen LogP) is 4.97. The Kier molecular flexibility index (Phi) is 5.99. The third kappa shape index (κ3) is 3.67. The van der Waals surface area contributed by atoms with Gasteiger partial charge in [-0.2, -0.15) is 5.10 Å². The molecule has 0 radical (unpaired) electrons. The highest BCUT2D eigenvalue weighted by atomic mass is 35.5. The highest BCUT2D eigenvalue weighted by Crippen LogP contribution is 2.44. The van der Waals surface area contributed by atoms with Crippen LogP contribution in [0.4, 0.5) is 0 Å². The van der Waals surface area contributed by atoms with Gasteiger partial charge in [-0.3, -0.25) is 9.89 Å². The number of nitrogens with one attached hydrogen (secondary N) is 1. The SMILES string of the molecule is COCCCN1C(=O)c2[nH]nc(-c3ccc(Cl)cc3Cl)c2C1c1ccc(OC)cc1. The van der Waals surface area contributed by atoms with Gasteiger partial charge < -0.3 is 14.4 Å². The fourth-order valence-electron chi connectivity index (χ4n) is 3.83. The second-order valence-electron chi connectivity index (χ2n) is 7.01. The van der Waals surface area contributed by atoms with Crippen molar-refractivity contribution in [2.24, 2.45) is 0 Å². The number of aromatic nitrogens is 2. The normalized spacial score (nSPS) is 15.5. The molecule has 2 heterocycles. The van der Waals surface area contributed by atoms with Crippen LogP contribution < -0.4 is 4.74 Å². The van der Waals surface area contributed by atoms with Crippen molar-refractivity contribution in [2.45, 2.75) is 12.5 Å². The number of halogens is 2. The fraction of sp³-hybridized carbons (Fsp3) is 0.273. The average Bonchev–Trinajstić information content (AvgIpc) is 3.28. The molecular weight excluding hydrogens is 425 g/mol. The highest BCUT2D eigenvalue weighted by Gasteiger charge is 2.42. The van der Waals surface area contributed by atoms with Gasteiger partial charge in [0.1, 0.15) is 17.1 Å². The van der Waals surface area contributed by atoms with Gasteiger partial charge in [0.15, 0.2) is 0 Å². The molecule has 1 aliphatic rings. The maximum atomic E-state index is 13.2. The quantitative estimate of drug-likeness (QED) is 0.521. The Bertz CT molecular complexity index is 1070. The van der Waals surface area contributed by atoms with E-state index < -0.39 is 0 Å². The van der Waals surface area contributed by atoms with Crippen molar-refractivity contribution in [3.05, 3.63) is 69.3 Å². The molecule has 6 nitrogen and oxygen atoms in total. The summed E-state index contributed by atoms with van der Waals surface area (Å²) in [6, 6.07) is 12.7. The first kappa shape index (κ1) is 20.7. The Morgan fingerprint density at radius 2 is 1.90 bits per heavy atom. The summed E-state index contributed by atoms with van der Waals surface area (Å²) in [4.78, 5) is 15.1. The number of benzene rings is 2. The third-order valence-electron chi connectivity index (χ3n) is 5.23. The van der Waals surface area contributed by atoms with E-state index in [9.17, 15) is 4.79 Å². The summed E-state index contributed by atoms with van der Waals surface area (Å²) in [5, 5.41) is 8.39. The molecule has 0 fully saturated rings. The van der Waals surface area contributed by atoms with Gasteiger partial charge in [0.05, 0.1) is 18.2 Å². The number of fused-ring (bicyclic) bond motifs is 1. The lowest BCUT2D eigenvalue weighted by Gasteiger charge is -2.26. The Labute approximate surface area is 184 Å². The average molecular weight is 446 g/mol. The van der Waals surface area contributed by atoms with Crippen molar-refractivity contribution in [3.8, 4) is 17.0 Å². The van der Waals surface area contributed by atoms with Gasteiger partial charge >= 0.3 is 0 Å². The van der Waals surface area contributed by atoms with Gasteiger partial charge in [-0.25, -0.2) is 0 Å². The van der Waals surface area contributed by atoms with E-state index >= 15 is 0 Å². The minimum atomic E-state index is -0.296. The molecule has 0 aliphatic carbocycles. The van der Waals surface area contributed by atoms with Gasteiger partial charge in [0.25, 0.3) is 5.91 Å². The Morgan fingerprint density at radius 3 is 2.57 bits per heavy atom. The number of amides is 1. The lowest BCUT2D eigenvalue weighted by molar-refractivity contribution is 0.0723. The second-order valence-corrected chi connectivity index (χ2v) is 7.85. The standard InChI is InChI=1S/C22H21Cl2N3O3/c1-29-11-3-10-27-21(13-4-7-15(30-2)8-5-13)18-19(25-26-20(18)22(27)28)16-9-6-14(23)12-17(16)24/h4-9,12,21H,3,10-11H2,1-2H3,(H,25,26). The minimum Gasteiger partial charge on any atom is -0.497 e. The van der Waals surface area contributed by atoms with E-state index in [-0.39, 0.29) is 11.9 Å². The number of hydrogen-bond donors (Lipinski definition) is 1. The Balaban J connectivity index is 1.82. The van der Waals surface area contributed by atoms with Gasteiger partial charge in [0, 0.05) is 36.4 Å². The number of ether oxygens (including phenoxy) is 2. The van der Waals surface area contributed by atoms with Gasteiger partial charge in [-0.05, 0) is 42.3 Å². The Morgan fingerprint density at radius 1 is 1.13 bits per heavy atom. The van der Waals surface area contributed by atoms with Crippen LogP contribution in [0.25, 0.3) is 11.3 Å². The molecule has 8 heteroatoms. The van der Waals surface area contributed by atoms with Crippen LogP contribution >= 0.6 is 23.2 Å². The van der Waals surface area contributed by atoms with Crippen LogP contribution in [0.15, 0.2) is 42.5 Å². The highest BCUT2D eigenvalue weighted by molar-refractivity contribution is 6.36. The molecule has 156 valence electrons. The Hall–Kier alpha value is -2.54. The molecule has 1 N–H and O–H groups in total. The van der Waals surface area contributed by atoms with Crippen molar-refractivity contribution in [1.82, 2.24) is 15.1 Å². The van der Waals surface area contributed by atoms with Crippen LogP contribution in [0.3, 0.4) is 0 Å². The lowest BCUT2D eigenvalue weighted by atomic mass is 9.96. The predicted molar refractivity (Wildman–Crippen MR) is 116 cm³/mol. The summed E-state index contributed by atoms with van der Waals surface area (Å²) in [7, 11) is 3.28. The number of carbonyl (C=O) groups excluding carboxylic acids is 1. The number of rotatable bonds is 7. The third-order valence-corrected chi connectivity index (χ3v) is 5.78. The molecule has 3 aromatic rings. The van der Waals surface area contributed by atoms with E-state index in [1.165, 1.54) is 0 Å². The number of hydrogen-bond acceptors (Lipinski definition) is 4. The molecule has 0 spiro atoms. The van der Waals surface area contributed by atoms with Crippen molar-refractivity contribution < 1.29 is 14.3 Å². The van der Waals surface area contributed by atoms with Gasteiger partial charge in [0.2, 0.25) is 0 Å². The van der Waals surface area contributed by atoms with Crippen LogP contribution in [-0.2, 0) is 4.74 Å². The molecule has 2 aromatic carbocycles. The monoisotopic (exact) mass is 445 g/mol. The topological polar surface area (TPSA) is 67.5 Å². The number of nitrogens with zero attached hydrogens (tertiary/aromatic N) is 2. The summed E-state index contributed by atoms with van der Waals surface area (Å²) in [5.74, 6) is 0.660. The first-order chi connectivity index (χ1) is 14.5. The van der Waals surface area contributed by atoms with Crippen molar-refractivity contribution in [1.29, 1.82) is 0 Å². The van der Waals surface area contributed by atoms with E-state index in [0.717, 1.165) is 28.9 Å². The largest absolute Gasteiger partial charge is 0.497 e. The first-order valence-corrected chi connectivity index (χ1v) is 10.3. The van der Waals surface area contributed by atoms with E-state index in [2.05, 4.69) is 10.2 Å². The lowest BCUT2D eigenvalue weighted by Crippen LogP contribution is -2.31. The van der Waals surface area contributed by atoms with E-state index in [1.807, 2.05) is 35.2 Å². The maximum Gasteiger partial charge on any atom is 0.273 e. The fourth-order valence-corrected chi connectivity index (χ4v) is 4.32. The molecule has 0 saturated carbocycles. The molecule has 4 rings (SSSR count). The first-order valence-electron chi connectivity index (χ1n) is 9.52. The van der Waals surface area contributed by atoms with Crippen molar-refractivity contribution >= 4 is 29.1 Å². The van der Waals surface area contributed by atoms with Crippen LogP contribution in [0.1, 0.15) is 34.1 Å². The summed E-state index contributed by atoms with van der Waals surface area (Å²) in [6.45, 7) is 1.13. The van der Waals surface area contributed by atoms with Crippen LogP contribution in [0.2, 0.25) is 10.0 Å². The molecule has 1 unspecified atom stereocenters. The molecule has 1 atom stereocenters. The van der Waals surface area contributed by atoms with Crippen molar-refractivity contribution in [3.63, 3.8) is 0 Å².